The lowest BCUT2D eigenvalue weighted by atomic mass is 9.99. The highest BCUT2D eigenvalue weighted by atomic mass is 16.7. The predicted octanol–water partition coefficient (Wildman–Crippen LogP) is -4.53. The van der Waals surface area contributed by atoms with E-state index in [1.165, 1.54) is 6.92 Å². The molecular weight excluding hydrogens is 304 g/mol. The summed E-state index contributed by atoms with van der Waals surface area (Å²) in [7, 11) is 0. The van der Waals surface area contributed by atoms with Gasteiger partial charge in [0, 0.05) is 0 Å². The zero-order valence-corrected chi connectivity index (χ0v) is 11.8. The van der Waals surface area contributed by atoms with Crippen molar-refractivity contribution in [3.8, 4) is 0 Å². The zero-order chi connectivity index (χ0) is 17.0. The van der Waals surface area contributed by atoms with E-state index >= 15 is 0 Å². The Morgan fingerprint density at radius 2 is 1.73 bits per heavy atom. The molecule has 1 saturated heterocycles. The highest BCUT2D eigenvalue weighted by Crippen LogP contribution is 2.24. The zero-order valence-electron chi connectivity index (χ0n) is 11.8. The lowest BCUT2D eigenvalue weighted by Crippen LogP contribution is -2.60. The minimum atomic E-state index is -1.88. The summed E-state index contributed by atoms with van der Waals surface area (Å²) in [5.74, 6) is 0. The van der Waals surface area contributed by atoms with Gasteiger partial charge in [-0.05, 0) is 6.92 Å². The predicted molar refractivity (Wildman–Crippen MR) is 68.4 cm³/mol. The fraction of sp³-hybridized carbons (Fsp3) is 0.917. The van der Waals surface area contributed by atoms with E-state index in [4.69, 9.17) is 14.6 Å². The van der Waals surface area contributed by atoms with E-state index in [0.717, 1.165) is 0 Å². The van der Waals surface area contributed by atoms with Crippen molar-refractivity contribution in [2.24, 2.45) is 0 Å². The van der Waals surface area contributed by atoms with Crippen LogP contribution < -0.4 is 0 Å². The summed E-state index contributed by atoms with van der Waals surface area (Å²) in [5, 5.41) is 66.5. The second-order valence-corrected chi connectivity index (χ2v) is 5.15. The Kier molecular flexibility index (Phi) is 7.25. The van der Waals surface area contributed by atoms with Crippen LogP contribution in [-0.4, -0.2) is 104 Å². The summed E-state index contributed by atoms with van der Waals surface area (Å²) in [4.78, 5) is 10.7. The van der Waals surface area contributed by atoms with Gasteiger partial charge in [0.2, 0.25) is 0 Å². The molecule has 10 heteroatoms. The molecule has 7 N–H and O–H groups in total. The molecule has 9 atom stereocenters. The number of rotatable bonds is 7. The van der Waals surface area contributed by atoms with Gasteiger partial charge >= 0.3 is 0 Å². The lowest BCUT2D eigenvalue weighted by Gasteiger charge is -2.41. The highest BCUT2D eigenvalue weighted by molar-refractivity contribution is 5.56. The van der Waals surface area contributed by atoms with Crippen molar-refractivity contribution >= 4 is 6.29 Å². The Labute approximate surface area is 126 Å². The van der Waals surface area contributed by atoms with Crippen molar-refractivity contribution in [1.29, 1.82) is 0 Å². The Morgan fingerprint density at radius 3 is 2.23 bits per heavy atom. The minimum Gasteiger partial charge on any atom is -0.394 e. The Bertz CT molecular complexity index is 353. The summed E-state index contributed by atoms with van der Waals surface area (Å²) < 4.78 is 10.2. The molecule has 0 bridgehead atoms. The number of hydrogen-bond donors (Lipinski definition) is 7. The second-order valence-electron chi connectivity index (χ2n) is 5.15. The first kappa shape index (κ1) is 19.4. The number of aliphatic hydroxyl groups excluding tert-OH is 7. The molecule has 0 spiro atoms. The fourth-order valence-electron chi connectivity index (χ4n) is 2.05. The lowest BCUT2D eigenvalue weighted by molar-refractivity contribution is -0.318. The van der Waals surface area contributed by atoms with Crippen LogP contribution in [0.5, 0.6) is 0 Å². The number of hydrogen-bond acceptors (Lipinski definition) is 10. The van der Waals surface area contributed by atoms with E-state index in [1.54, 1.807) is 0 Å². The van der Waals surface area contributed by atoms with Gasteiger partial charge in [0.15, 0.2) is 12.6 Å². The van der Waals surface area contributed by atoms with Gasteiger partial charge in [0.05, 0.1) is 12.7 Å². The third-order valence-electron chi connectivity index (χ3n) is 3.49. The van der Waals surface area contributed by atoms with Crippen molar-refractivity contribution in [2.75, 3.05) is 6.61 Å². The third kappa shape index (κ3) is 4.19. The molecule has 0 saturated carbocycles. The van der Waals surface area contributed by atoms with Gasteiger partial charge in [0.1, 0.15) is 42.7 Å². The van der Waals surface area contributed by atoms with Crippen LogP contribution in [0.15, 0.2) is 0 Å². The molecule has 22 heavy (non-hydrogen) atoms. The summed E-state index contributed by atoms with van der Waals surface area (Å²) >= 11 is 0. The molecule has 1 fully saturated rings. The Morgan fingerprint density at radius 1 is 1.14 bits per heavy atom. The molecule has 0 aromatic heterocycles. The first-order valence-corrected chi connectivity index (χ1v) is 6.70. The molecule has 0 aromatic rings. The number of carbonyl (C=O) groups is 1. The standard InChI is InChI=1S/C12H22O10/c1-4-7(17)9(19)10(20)12(21-4)22-11(6(16)3-14)8(18)5(15)2-13/h3-13,15-20H,2H2,1H3/t4-,5+,6-,7-,8+,9+,10+,11+,12?/m0/s1. The molecule has 1 aliphatic rings. The van der Waals surface area contributed by atoms with E-state index in [-0.39, 0.29) is 6.29 Å². The van der Waals surface area contributed by atoms with E-state index in [2.05, 4.69) is 0 Å². The maximum absolute atomic E-state index is 10.7. The molecule has 10 nitrogen and oxygen atoms in total. The Hall–Kier alpha value is -0.690. The molecule has 130 valence electrons. The van der Waals surface area contributed by atoms with Gasteiger partial charge in [-0.1, -0.05) is 0 Å². The van der Waals surface area contributed by atoms with Crippen LogP contribution in [0.3, 0.4) is 0 Å². The largest absolute Gasteiger partial charge is 0.394 e. The van der Waals surface area contributed by atoms with Crippen LogP contribution in [0.25, 0.3) is 0 Å². The van der Waals surface area contributed by atoms with Crippen molar-refractivity contribution in [1.82, 2.24) is 0 Å². The van der Waals surface area contributed by atoms with Gasteiger partial charge in [0.25, 0.3) is 0 Å². The van der Waals surface area contributed by atoms with Crippen LogP contribution in [0.2, 0.25) is 0 Å². The van der Waals surface area contributed by atoms with E-state index in [9.17, 15) is 35.4 Å². The third-order valence-corrected chi connectivity index (χ3v) is 3.49. The quantitative estimate of drug-likeness (QED) is 0.225. The molecule has 1 rings (SSSR count). The normalized spacial score (nSPS) is 38.1. The topological polar surface area (TPSA) is 177 Å². The molecule has 0 aromatic carbocycles. The maximum atomic E-state index is 10.7. The van der Waals surface area contributed by atoms with E-state index in [0.29, 0.717) is 0 Å². The first-order chi connectivity index (χ1) is 10.2. The molecule has 1 unspecified atom stereocenters. The minimum absolute atomic E-state index is 0.0297. The monoisotopic (exact) mass is 326 g/mol. The van der Waals surface area contributed by atoms with E-state index in [1.807, 2.05) is 0 Å². The molecule has 0 amide bonds. The molecular formula is C12H22O10. The van der Waals surface area contributed by atoms with Gasteiger partial charge in [-0.15, -0.1) is 0 Å². The second kappa shape index (κ2) is 8.24. The van der Waals surface area contributed by atoms with Crippen LogP contribution in [0.1, 0.15) is 6.92 Å². The van der Waals surface area contributed by atoms with E-state index < -0.39 is 61.7 Å². The van der Waals surface area contributed by atoms with Gasteiger partial charge in [-0.25, -0.2) is 0 Å². The Balaban J connectivity index is 2.87. The van der Waals surface area contributed by atoms with Crippen LogP contribution in [0.4, 0.5) is 0 Å². The summed E-state index contributed by atoms with van der Waals surface area (Å²) in [5.41, 5.74) is 0. The van der Waals surface area contributed by atoms with Crippen LogP contribution in [-0.2, 0) is 14.3 Å². The maximum Gasteiger partial charge on any atom is 0.187 e. The van der Waals surface area contributed by atoms with Gasteiger partial charge < -0.3 is 50.0 Å². The average molecular weight is 326 g/mol. The number of carbonyl (C=O) groups excluding carboxylic acids is 1. The van der Waals surface area contributed by atoms with Crippen molar-refractivity contribution in [3.63, 3.8) is 0 Å². The number of aldehydes is 1. The first-order valence-electron chi connectivity index (χ1n) is 6.70. The SMILES string of the molecule is C[C@@H]1OC(O[C@@H]([C@H](O)[C@H](O)CO)[C@@H](O)C=O)[C@H](O)[C@H](O)[C@H]1O. The average Bonchev–Trinajstić information content (AvgIpc) is 2.52. The molecule has 1 aliphatic heterocycles. The highest BCUT2D eigenvalue weighted by Gasteiger charge is 2.45. The van der Waals surface area contributed by atoms with Crippen molar-refractivity contribution in [3.05, 3.63) is 0 Å². The summed E-state index contributed by atoms with van der Waals surface area (Å²) in [6.07, 6.45) is -14.4. The number of aliphatic hydroxyl groups is 7. The van der Waals surface area contributed by atoms with Crippen molar-refractivity contribution < 1.29 is 50.0 Å². The smallest absolute Gasteiger partial charge is 0.187 e. The van der Waals surface area contributed by atoms with Gasteiger partial charge in [-0.2, -0.15) is 0 Å². The molecule has 0 radical (unpaired) electrons. The fourth-order valence-corrected chi connectivity index (χ4v) is 2.05. The summed E-state index contributed by atoms with van der Waals surface area (Å²) in [6.45, 7) is 0.526. The van der Waals surface area contributed by atoms with Crippen LogP contribution in [0, 0.1) is 0 Å². The summed E-state index contributed by atoms with van der Waals surface area (Å²) in [6, 6.07) is 0. The molecule has 1 heterocycles. The molecule has 0 aliphatic carbocycles. The van der Waals surface area contributed by atoms with Crippen molar-refractivity contribution in [2.45, 2.75) is 62.0 Å². The van der Waals surface area contributed by atoms with Crippen LogP contribution >= 0.6 is 0 Å². The number of ether oxygens (including phenoxy) is 2. The van der Waals surface area contributed by atoms with Gasteiger partial charge in [-0.3, -0.25) is 0 Å².